The van der Waals surface area contributed by atoms with Gasteiger partial charge in [0.2, 0.25) is 0 Å². The number of carboxylic acids is 1. The Kier molecular flexibility index (Phi) is 9.83. The first-order valence-corrected chi connectivity index (χ1v) is 15.7. The minimum absolute atomic E-state index is 0.0560. The Labute approximate surface area is 269 Å². The van der Waals surface area contributed by atoms with E-state index >= 15 is 4.39 Å². The van der Waals surface area contributed by atoms with Gasteiger partial charge in [0.25, 0.3) is 0 Å². The maximum absolute atomic E-state index is 15.3. The number of anilines is 1. The van der Waals surface area contributed by atoms with Crippen LogP contribution in [0.3, 0.4) is 0 Å². The number of pyridine rings is 1. The van der Waals surface area contributed by atoms with Gasteiger partial charge >= 0.3 is 6.18 Å². The molecule has 0 aliphatic carbocycles. The molecule has 0 atom stereocenters. The maximum Gasteiger partial charge on any atom is 0.401 e. The lowest BCUT2D eigenvalue weighted by molar-refractivity contribution is -0.312. The second-order valence-electron chi connectivity index (χ2n) is 12.3. The number of carbonyl (C=O) groups is 1. The molecule has 0 unspecified atom stereocenters. The molecule has 3 aliphatic rings. The number of nitrogens with zero attached hydrogens (tertiary/aromatic N) is 3. The highest BCUT2D eigenvalue weighted by atomic mass is 19.4. The van der Waals surface area contributed by atoms with Crippen LogP contribution in [0.2, 0.25) is 0 Å². The largest absolute Gasteiger partial charge is 0.550 e. The van der Waals surface area contributed by atoms with Crippen LogP contribution in [0.4, 0.5) is 27.8 Å². The highest BCUT2D eigenvalue weighted by molar-refractivity contribution is 5.70. The minimum Gasteiger partial charge on any atom is -0.550 e. The van der Waals surface area contributed by atoms with Crippen LogP contribution in [0.1, 0.15) is 42.7 Å². The van der Waals surface area contributed by atoms with Gasteiger partial charge in [0, 0.05) is 42.2 Å². The smallest absolute Gasteiger partial charge is 0.401 e. The van der Waals surface area contributed by atoms with Gasteiger partial charge in [-0.1, -0.05) is 18.2 Å². The molecule has 0 saturated carbocycles. The summed E-state index contributed by atoms with van der Waals surface area (Å²) in [7, 11) is 0. The number of halogens is 5. The minimum atomic E-state index is -4.23. The van der Waals surface area contributed by atoms with Crippen molar-refractivity contribution in [2.45, 2.75) is 50.5 Å². The number of rotatable bonds is 10. The van der Waals surface area contributed by atoms with Crippen LogP contribution in [0, 0.1) is 17.6 Å². The molecule has 3 fully saturated rings. The van der Waals surface area contributed by atoms with Crippen LogP contribution in [0.5, 0.6) is 11.5 Å². The van der Waals surface area contributed by atoms with Crippen molar-refractivity contribution < 1.29 is 46.1 Å². The Bertz CT molecular complexity index is 1570. The first-order chi connectivity index (χ1) is 22.5. The molecule has 0 spiro atoms. The number of alkyl halides is 3. The first kappa shape index (κ1) is 33.0. The van der Waals surface area contributed by atoms with Gasteiger partial charge in [0.05, 0.1) is 25.5 Å². The van der Waals surface area contributed by atoms with Crippen molar-refractivity contribution in [1.82, 2.24) is 9.88 Å². The lowest BCUT2D eigenvalue weighted by atomic mass is 9.88. The average Bonchev–Trinajstić information content (AvgIpc) is 3.02. The summed E-state index contributed by atoms with van der Waals surface area (Å²) < 4.78 is 85.9. The number of likely N-dealkylation sites (tertiary alicyclic amines) is 1. The van der Waals surface area contributed by atoms with E-state index in [1.54, 1.807) is 18.2 Å². The average molecular weight is 661 g/mol. The van der Waals surface area contributed by atoms with E-state index in [1.165, 1.54) is 4.90 Å². The van der Waals surface area contributed by atoms with Crippen LogP contribution >= 0.6 is 0 Å². The molecule has 6 rings (SSSR count). The van der Waals surface area contributed by atoms with Crippen LogP contribution in [-0.4, -0.2) is 74.1 Å². The van der Waals surface area contributed by atoms with E-state index in [1.807, 2.05) is 23.1 Å². The van der Waals surface area contributed by atoms with Gasteiger partial charge in [0.15, 0.2) is 11.6 Å². The molecule has 13 heteroatoms. The second-order valence-corrected chi connectivity index (χ2v) is 12.3. The summed E-state index contributed by atoms with van der Waals surface area (Å²) in [5.41, 5.74) is 1.95. The molecule has 3 aliphatic heterocycles. The molecule has 3 saturated heterocycles. The zero-order valence-corrected chi connectivity index (χ0v) is 25.6. The molecule has 0 bridgehead atoms. The third-order valence-corrected chi connectivity index (χ3v) is 9.00. The van der Waals surface area contributed by atoms with Gasteiger partial charge in [-0.15, -0.1) is 0 Å². The fraction of sp³-hybridized carbons (Fsp3) is 0.471. The van der Waals surface area contributed by atoms with Crippen molar-refractivity contribution in [1.29, 1.82) is 0 Å². The van der Waals surface area contributed by atoms with E-state index in [0.29, 0.717) is 82.2 Å². The number of aromatic nitrogens is 1. The first-order valence-electron chi connectivity index (χ1n) is 15.7. The lowest BCUT2D eigenvalue weighted by Gasteiger charge is -2.33. The van der Waals surface area contributed by atoms with E-state index in [-0.39, 0.29) is 35.6 Å². The third kappa shape index (κ3) is 8.13. The summed E-state index contributed by atoms with van der Waals surface area (Å²) in [5.74, 6) is -2.37. The van der Waals surface area contributed by atoms with E-state index < -0.39 is 36.2 Å². The quantitative estimate of drug-likeness (QED) is 0.278. The number of hydrogen-bond donors (Lipinski definition) is 0. The Balaban J connectivity index is 1.20. The van der Waals surface area contributed by atoms with Gasteiger partial charge in [-0.05, 0) is 74.5 Å². The molecule has 0 amide bonds. The molecule has 8 nitrogen and oxygen atoms in total. The molecule has 0 N–H and O–H groups in total. The van der Waals surface area contributed by atoms with Gasteiger partial charge < -0.3 is 29.0 Å². The van der Waals surface area contributed by atoms with Gasteiger partial charge in [0.1, 0.15) is 30.1 Å². The third-order valence-electron chi connectivity index (χ3n) is 9.00. The SMILES string of the molecule is O=C([O-])C1CCN(c2cccc(-c3cc(F)cc(F)c3OCc3ccc(C4CCN(CC(F)(F)F)CC4)cc3OC3COC3)n2)CC1. The van der Waals surface area contributed by atoms with Gasteiger partial charge in [-0.3, -0.25) is 4.90 Å². The molecule has 252 valence electrons. The lowest BCUT2D eigenvalue weighted by Crippen LogP contribution is -2.41. The van der Waals surface area contributed by atoms with Crippen LogP contribution in [-0.2, 0) is 16.1 Å². The molecule has 3 aromatic rings. The fourth-order valence-electron chi connectivity index (χ4n) is 6.33. The molecule has 1 aromatic heterocycles. The van der Waals surface area contributed by atoms with E-state index in [0.717, 1.165) is 17.7 Å². The number of aliphatic carboxylic acids is 1. The zero-order chi connectivity index (χ0) is 33.1. The van der Waals surface area contributed by atoms with Gasteiger partial charge in [-0.2, -0.15) is 13.2 Å². The Morgan fingerprint density at radius 2 is 1.72 bits per heavy atom. The number of benzene rings is 2. The number of piperidine rings is 2. The second kappa shape index (κ2) is 14.0. The summed E-state index contributed by atoms with van der Waals surface area (Å²) in [4.78, 5) is 19.2. The maximum atomic E-state index is 15.3. The van der Waals surface area contributed by atoms with Crippen molar-refractivity contribution in [3.8, 4) is 22.8 Å². The highest BCUT2D eigenvalue weighted by Crippen LogP contribution is 2.37. The molecule has 0 radical (unpaired) electrons. The summed E-state index contributed by atoms with van der Waals surface area (Å²) in [6.07, 6.45) is -2.46. The Morgan fingerprint density at radius 3 is 2.38 bits per heavy atom. The van der Waals surface area contributed by atoms with Crippen molar-refractivity contribution >= 4 is 11.8 Å². The predicted molar refractivity (Wildman–Crippen MR) is 160 cm³/mol. The van der Waals surface area contributed by atoms with Crippen molar-refractivity contribution in [2.24, 2.45) is 5.92 Å². The summed E-state index contributed by atoms with van der Waals surface area (Å²) in [6, 6.07) is 12.6. The van der Waals surface area contributed by atoms with Crippen molar-refractivity contribution in [2.75, 3.05) is 50.8 Å². The molecular formula is C34H35F5N3O5-. The monoisotopic (exact) mass is 660 g/mol. The summed E-state index contributed by atoms with van der Waals surface area (Å²) in [5, 5.41) is 11.3. The van der Waals surface area contributed by atoms with Crippen LogP contribution < -0.4 is 19.5 Å². The molecular weight excluding hydrogens is 625 g/mol. The number of hydrogen-bond acceptors (Lipinski definition) is 8. The van der Waals surface area contributed by atoms with E-state index in [2.05, 4.69) is 4.98 Å². The van der Waals surface area contributed by atoms with Crippen molar-refractivity contribution in [3.05, 3.63) is 71.3 Å². The molecule has 4 heterocycles. The standard InChI is InChI=1S/C34H36F5N3O5/c35-25-15-27(29-2-1-3-31(40-29)42-12-8-22(9-13-42)33(43)44)32(28(36)16-25)46-17-24-5-4-23(14-30(24)47-26-18-45-19-26)21-6-10-41(11-7-21)20-34(37,38)39/h1-5,14-16,21-22,26H,6-13,17-20H2,(H,43,44)/p-1. The normalized spacial score (nSPS) is 18.6. The van der Waals surface area contributed by atoms with Crippen LogP contribution in [0.25, 0.3) is 11.3 Å². The molecule has 47 heavy (non-hydrogen) atoms. The summed E-state index contributed by atoms with van der Waals surface area (Å²) in [6.45, 7) is 1.36. The highest BCUT2D eigenvalue weighted by Gasteiger charge is 2.33. The van der Waals surface area contributed by atoms with Crippen molar-refractivity contribution in [3.63, 3.8) is 0 Å². The Hall–Kier alpha value is -3.97. The number of carbonyl (C=O) groups excluding carboxylic acids is 1. The van der Waals surface area contributed by atoms with E-state index in [9.17, 15) is 27.5 Å². The molecule has 2 aromatic carbocycles. The summed E-state index contributed by atoms with van der Waals surface area (Å²) >= 11 is 0. The number of carboxylic acid groups (broad SMARTS) is 1. The predicted octanol–water partition coefficient (Wildman–Crippen LogP) is 5.09. The zero-order valence-electron chi connectivity index (χ0n) is 25.6. The number of ether oxygens (including phenoxy) is 3. The van der Waals surface area contributed by atoms with Crippen LogP contribution in [0.15, 0.2) is 48.5 Å². The van der Waals surface area contributed by atoms with Gasteiger partial charge in [-0.25, -0.2) is 13.8 Å². The fourth-order valence-corrected chi connectivity index (χ4v) is 6.33. The Morgan fingerprint density at radius 1 is 0.979 bits per heavy atom. The van der Waals surface area contributed by atoms with E-state index in [4.69, 9.17) is 14.2 Å². The topological polar surface area (TPSA) is 87.2 Å².